The van der Waals surface area contributed by atoms with Crippen molar-refractivity contribution in [1.29, 1.82) is 0 Å². The van der Waals surface area contributed by atoms with Gasteiger partial charge in [-0.05, 0) is 42.5 Å². The molecule has 1 heterocycles. The van der Waals surface area contributed by atoms with Crippen molar-refractivity contribution in [2.24, 2.45) is 11.8 Å². The summed E-state index contributed by atoms with van der Waals surface area (Å²) in [6.07, 6.45) is 5.60. The minimum Gasteiger partial charge on any atom is -0.356 e. The molecule has 1 fully saturated rings. The Bertz CT molecular complexity index is 574. The van der Waals surface area contributed by atoms with Gasteiger partial charge in [-0.2, -0.15) is 5.10 Å². The minimum atomic E-state index is 0.214. The van der Waals surface area contributed by atoms with Crippen LogP contribution in [0, 0.1) is 11.8 Å². The van der Waals surface area contributed by atoms with Gasteiger partial charge in [-0.25, -0.2) is 4.68 Å². The van der Waals surface area contributed by atoms with E-state index in [4.69, 9.17) is 0 Å². The van der Waals surface area contributed by atoms with E-state index in [1.807, 2.05) is 29.1 Å². The first-order chi connectivity index (χ1) is 9.74. The third kappa shape index (κ3) is 2.90. The van der Waals surface area contributed by atoms with Crippen LogP contribution in [-0.4, -0.2) is 22.2 Å². The van der Waals surface area contributed by atoms with Crippen LogP contribution in [0.1, 0.15) is 18.9 Å². The third-order valence-corrected chi connectivity index (χ3v) is 3.86. The number of aromatic nitrogens is 2. The molecule has 0 spiro atoms. The van der Waals surface area contributed by atoms with Gasteiger partial charge in [0.2, 0.25) is 5.91 Å². The second-order valence-corrected chi connectivity index (χ2v) is 5.48. The smallest absolute Gasteiger partial charge is 0.223 e. The summed E-state index contributed by atoms with van der Waals surface area (Å²) in [4.78, 5) is 11.7. The van der Waals surface area contributed by atoms with Gasteiger partial charge in [0.05, 0.1) is 5.69 Å². The van der Waals surface area contributed by atoms with Crippen LogP contribution in [-0.2, 0) is 11.2 Å². The van der Waals surface area contributed by atoms with Gasteiger partial charge >= 0.3 is 0 Å². The van der Waals surface area contributed by atoms with Gasteiger partial charge in [-0.1, -0.05) is 19.1 Å². The number of nitrogens with zero attached hydrogens (tertiary/aromatic N) is 2. The quantitative estimate of drug-likeness (QED) is 0.904. The molecular formula is C16H19N3O. The van der Waals surface area contributed by atoms with Crippen LogP contribution in [0.4, 0.5) is 0 Å². The van der Waals surface area contributed by atoms with Gasteiger partial charge in [-0.3, -0.25) is 4.79 Å². The lowest BCUT2D eigenvalue weighted by atomic mass is 10.1. The lowest BCUT2D eigenvalue weighted by Crippen LogP contribution is -2.27. The second kappa shape index (κ2) is 5.49. The number of carbonyl (C=O) groups excluding carboxylic acids is 1. The maximum atomic E-state index is 11.7. The van der Waals surface area contributed by atoms with E-state index < -0.39 is 0 Å². The normalized spacial score (nSPS) is 20.6. The largest absolute Gasteiger partial charge is 0.356 e. The van der Waals surface area contributed by atoms with Crippen molar-refractivity contribution in [2.75, 3.05) is 6.54 Å². The van der Waals surface area contributed by atoms with Crippen LogP contribution < -0.4 is 5.32 Å². The van der Waals surface area contributed by atoms with Gasteiger partial charge in [0.15, 0.2) is 0 Å². The molecule has 4 nitrogen and oxygen atoms in total. The van der Waals surface area contributed by atoms with Crippen LogP contribution in [0.3, 0.4) is 0 Å². The first-order valence-corrected chi connectivity index (χ1v) is 7.11. The minimum absolute atomic E-state index is 0.214. The standard InChI is InChI=1S/C16H19N3O/c1-12-11-15(12)16(20)17-9-7-13-3-5-14(6-4-13)19-10-2-8-18-19/h2-6,8,10,12,15H,7,9,11H2,1H3,(H,17,20)/t12-,15+/m0/s1. The van der Waals surface area contributed by atoms with Crippen molar-refractivity contribution >= 4 is 5.91 Å². The number of benzene rings is 1. The molecule has 1 N–H and O–H groups in total. The predicted molar refractivity (Wildman–Crippen MR) is 77.5 cm³/mol. The van der Waals surface area contributed by atoms with E-state index in [-0.39, 0.29) is 11.8 Å². The van der Waals surface area contributed by atoms with Crippen LogP contribution in [0.2, 0.25) is 0 Å². The van der Waals surface area contributed by atoms with E-state index in [2.05, 4.69) is 29.5 Å². The summed E-state index contributed by atoms with van der Waals surface area (Å²) in [5.74, 6) is 1.05. The molecule has 1 amide bonds. The summed E-state index contributed by atoms with van der Waals surface area (Å²) in [7, 11) is 0. The van der Waals surface area contributed by atoms with Gasteiger partial charge in [0, 0.05) is 24.9 Å². The topological polar surface area (TPSA) is 46.9 Å². The summed E-state index contributed by atoms with van der Waals surface area (Å²) in [6, 6.07) is 10.2. The summed E-state index contributed by atoms with van der Waals surface area (Å²) in [5.41, 5.74) is 2.28. The molecule has 1 aliphatic carbocycles. The molecule has 0 radical (unpaired) electrons. The van der Waals surface area contributed by atoms with Crippen LogP contribution in [0.15, 0.2) is 42.7 Å². The zero-order valence-corrected chi connectivity index (χ0v) is 11.6. The highest BCUT2D eigenvalue weighted by Gasteiger charge is 2.38. The fraction of sp³-hybridized carbons (Fsp3) is 0.375. The number of hydrogen-bond acceptors (Lipinski definition) is 2. The summed E-state index contributed by atoms with van der Waals surface area (Å²) in [5, 5.41) is 7.20. The highest BCUT2D eigenvalue weighted by atomic mass is 16.2. The zero-order valence-electron chi connectivity index (χ0n) is 11.6. The molecule has 3 rings (SSSR count). The average molecular weight is 269 g/mol. The van der Waals surface area contributed by atoms with E-state index in [1.165, 1.54) is 5.56 Å². The van der Waals surface area contributed by atoms with Crippen molar-refractivity contribution in [3.8, 4) is 5.69 Å². The number of rotatable bonds is 5. The Morgan fingerprint density at radius 3 is 2.75 bits per heavy atom. The number of hydrogen-bond donors (Lipinski definition) is 1. The molecule has 1 aliphatic rings. The van der Waals surface area contributed by atoms with Crippen LogP contribution >= 0.6 is 0 Å². The number of carbonyl (C=O) groups is 1. The molecular weight excluding hydrogens is 250 g/mol. The monoisotopic (exact) mass is 269 g/mol. The maximum absolute atomic E-state index is 11.7. The Morgan fingerprint density at radius 1 is 1.40 bits per heavy atom. The Balaban J connectivity index is 1.50. The molecule has 1 saturated carbocycles. The fourth-order valence-corrected chi connectivity index (χ4v) is 2.39. The Hall–Kier alpha value is -2.10. The van der Waals surface area contributed by atoms with E-state index in [0.717, 1.165) is 18.5 Å². The SMILES string of the molecule is C[C@H]1C[C@H]1C(=O)NCCc1ccc(-n2cccn2)cc1. The summed E-state index contributed by atoms with van der Waals surface area (Å²) < 4.78 is 1.83. The van der Waals surface area contributed by atoms with E-state index in [1.54, 1.807) is 6.20 Å². The van der Waals surface area contributed by atoms with Crippen molar-refractivity contribution in [3.05, 3.63) is 48.3 Å². The summed E-state index contributed by atoms with van der Waals surface area (Å²) in [6.45, 7) is 2.83. The van der Waals surface area contributed by atoms with Gasteiger partial charge in [0.1, 0.15) is 0 Å². The number of nitrogens with one attached hydrogen (secondary N) is 1. The predicted octanol–water partition coefficient (Wildman–Crippen LogP) is 2.19. The molecule has 104 valence electrons. The van der Waals surface area contributed by atoms with E-state index in [0.29, 0.717) is 12.5 Å². The van der Waals surface area contributed by atoms with Gasteiger partial charge in [-0.15, -0.1) is 0 Å². The first kappa shape index (κ1) is 12.9. The fourth-order valence-electron chi connectivity index (χ4n) is 2.39. The van der Waals surface area contributed by atoms with E-state index >= 15 is 0 Å². The lowest BCUT2D eigenvalue weighted by molar-refractivity contribution is -0.122. The molecule has 2 aromatic rings. The molecule has 0 saturated heterocycles. The molecule has 0 bridgehead atoms. The van der Waals surface area contributed by atoms with Crippen molar-refractivity contribution in [2.45, 2.75) is 19.8 Å². The van der Waals surface area contributed by atoms with Gasteiger partial charge in [0.25, 0.3) is 0 Å². The molecule has 0 unspecified atom stereocenters. The average Bonchev–Trinajstić information content (AvgIpc) is 2.97. The van der Waals surface area contributed by atoms with Crippen LogP contribution in [0.25, 0.3) is 5.69 Å². The van der Waals surface area contributed by atoms with Crippen molar-refractivity contribution < 1.29 is 4.79 Å². The number of amides is 1. The first-order valence-electron chi connectivity index (χ1n) is 7.11. The van der Waals surface area contributed by atoms with E-state index in [9.17, 15) is 4.79 Å². The van der Waals surface area contributed by atoms with Crippen LogP contribution in [0.5, 0.6) is 0 Å². The second-order valence-electron chi connectivity index (χ2n) is 5.48. The molecule has 1 aromatic carbocycles. The Kier molecular flexibility index (Phi) is 3.54. The molecule has 1 aromatic heterocycles. The highest BCUT2D eigenvalue weighted by molar-refractivity contribution is 5.81. The lowest BCUT2D eigenvalue weighted by Gasteiger charge is -2.06. The zero-order chi connectivity index (χ0) is 13.9. The van der Waals surface area contributed by atoms with Crippen molar-refractivity contribution in [1.82, 2.24) is 15.1 Å². The maximum Gasteiger partial charge on any atom is 0.223 e. The Labute approximate surface area is 118 Å². The molecule has 0 aliphatic heterocycles. The molecule has 20 heavy (non-hydrogen) atoms. The molecule has 2 atom stereocenters. The summed E-state index contributed by atoms with van der Waals surface area (Å²) >= 11 is 0. The highest BCUT2D eigenvalue weighted by Crippen LogP contribution is 2.37. The third-order valence-electron chi connectivity index (χ3n) is 3.86. The Morgan fingerprint density at radius 2 is 2.15 bits per heavy atom. The van der Waals surface area contributed by atoms with Gasteiger partial charge < -0.3 is 5.32 Å². The van der Waals surface area contributed by atoms with Crippen molar-refractivity contribution in [3.63, 3.8) is 0 Å². The molecule has 4 heteroatoms.